The fourth-order valence-electron chi connectivity index (χ4n) is 2.89. The van der Waals surface area contributed by atoms with Crippen molar-refractivity contribution in [3.05, 3.63) is 41.2 Å². The van der Waals surface area contributed by atoms with Gasteiger partial charge in [0.25, 0.3) is 0 Å². The Hall–Kier alpha value is -1.68. The molecular weight excluding hydrogens is 247 g/mol. The van der Waals surface area contributed by atoms with Gasteiger partial charge in [-0.1, -0.05) is 12.1 Å². The zero-order valence-corrected chi connectivity index (χ0v) is 10.7. The molecule has 2 heterocycles. The van der Waals surface area contributed by atoms with E-state index < -0.39 is 0 Å². The van der Waals surface area contributed by atoms with E-state index in [1.807, 2.05) is 0 Å². The Kier molecular flexibility index (Phi) is 3.11. The number of carbonyl (C=O) groups excluding carboxylic acids is 1. The van der Waals surface area contributed by atoms with Crippen molar-refractivity contribution in [3.63, 3.8) is 0 Å². The number of fused-ring (bicyclic) bond motifs is 2. The molecule has 100 valence electrons. The highest BCUT2D eigenvalue weighted by molar-refractivity contribution is 5.99. The normalized spacial score (nSPS) is 25.6. The number of esters is 1. The van der Waals surface area contributed by atoms with Gasteiger partial charge in [0.1, 0.15) is 5.82 Å². The summed E-state index contributed by atoms with van der Waals surface area (Å²) in [7, 11) is 1.37. The molecule has 1 saturated heterocycles. The molecule has 0 amide bonds. The molecule has 0 aromatic heterocycles. The summed E-state index contributed by atoms with van der Waals surface area (Å²) in [5, 5.41) is 0. The zero-order chi connectivity index (χ0) is 13.4. The minimum atomic E-state index is -0.343. The van der Waals surface area contributed by atoms with E-state index in [2.05, 4.69) is 0 Å². The van der Waals surface area contributed by atoms with Crippen molar-refractivity contribution in [3.8, 4) is 0 Å². The fourth-order valence-corrected chi connectivity index (χ4v) is 2.89. The summed E-state index contributed by atoms with van der Waals surface area (Å²) in [4.78, 5) is 12.0. The maximum absolute atomic E-state index is 13.0. The van der Waals surface area contributed by atoms with Crippen molar-refractivity contribution in [2.45, 2.75) is 31.5 Å². The topological polar surface area (TPSA) is 35.5 Å². The summed E-state index contributed by atoms with van der Waals surface area (Å²) >= 11 is 0. The molecule has 3 rings (SSSR count). The number of halogens is 1. The van der Waals surface area contributed by atoms with Crippen LogP contribution in [0.4, 0.5) is 4.39 Å². The van der Waals surface area contributed by atoms with Gasteiger partial charge in [-0.15, -0.1) is 0 Å². The highest BCUT2D eigenvalue weighted by atomic mass is 19.1. The Morgan fingerprint density at radius 2 is 2.05 bits per heavy atom. The highest BCUT2D eigenvalue weighted by Gasteiger charge is 2.39. The van der Waals surface area contributed by atoms with Gasteiger partial charge in [-0.25, -0.2) is 9.18 Å². The lowest BCUT2D eigenvalue weighted by Gasteiger charge is -2.26. The first-order valence-electron chi connectivity index (χ1n) is 6.42. The lowest BCUT2D eigenvalue weighted by atomic mass is 9.92. The molecule has 0 aliphatic carbocycles. The molecule has 2 bridgehead atoms. The molecule has 3 nitrogen and oxygen atoms in total. The second-order valence-corrected chi connectivity index (χ2v) is 4.92. The Bertz CT molecular complexity index is 533. The van der Waals surface area contributed by atoms with Crippen LogP contribution in [-0.4, -0.2) is 25.3 Å². The highest BCUT2D eigenvalue weighted by Crippen LogP contribution is 2.41. The van der Waals surface area contributed by atoms with Gasteiger partial charge in [0.05, 0.1) is 24.9 Å². The summed E-state index contributed by atoms with van der Waals surface area (Å²) in [6.07, 6.45) is 2.48. The molecule has 1 fully saturated rings. The maximum atomic E-state index is 13.0. The standard InChI is InChI=1S/C15H15FO3/c1-18-15(17)14-12(8-11-6-7-13(14)19-11)9-2-4-10(16)5-3-9/h2-5,11,13H,6-8H2,1H3/t11?,13-/m0/s1. The number of rotatable bonds is 2. The van der Waals surface area contributed by atoms with Crippen LogP contribution in [0.3, 0.4) is 0 Å². The second-order valence-electron chi connectivity index (χ2n) is 4.92. The van der Waals surface area contributed by atoms with E-state index in [9.17, 15) is 9.18 Å². The molecule has 0 radical (unpaired) electrons. The number of benzene rings is 1. The van der Waals surface area contributed by atoms with Crippen LogP contribution in [0.5, 0.6) is 0 Å². The molecule has 1 aromatic rings. The van der Waals surface area contributed by atoms with E-state index >= 15 is 0 Å². The molecule has 1 aromatic carbocycles. The van der Waals surface area contributed by atoms with E-state index in [1.54, 1.807) is 12.1 Å². The lowest BCUT2D eigenvalue weighted by molar-refractivity contribution is -0.137. The molecule has 1 unspecified atom stereocenters. The Balaban J connectivity index is 2.07. The summed E-state index contributed by atoms with van der Waals surface area (Å²) in [6, 6.07) is 6.24. The fraction of sp³-hybridized carbons (Fsp3) is 0.400. The van der Waals surface area contributed by atoms with Gasteiger partial charge < -0.3 is 9.47 Å². The number of hydrogen-bond donors (Lipinski definition) is 0. The van der Waals surface area contributed by atoms with E-state index in [1.165, 1.54) is 19.2 Å². The third-order valence-electron chi connectivity index (χ3n) is 3.78. The van der Waals surface area contributed by atoms with Gasteiger partial charge >= 0.3 is 5.97 Å². The average Bonchev–Trinajstić information content (AvgIpc) is 2.80. The van der Waals surface area contributed by atoms with E-state index in [4.69, 9.17) is 9.47 Å². The molecule has 2 atom stereocenters. The quantitative estimate of drug-likeness (QED) is 0.769. The van der Waals surface area contributed by atoms with Crippen molar-refractivity contribution in [2.75, 3.05) is 7.11 Å². The Labute approximate surface area is 111 Å². The monoisotopic (exact) mass is 262 g/mol. The van der Waals surface area contributed by atoms with Crippen molar-refractivity contribution in [1.29, 1.82) is 0 Å². The van der Waals surface area contributed by atoms with Crippen LogP contribution in [-0.2, 0) is 14.3 Å². The zero-order valence-electron chi connectivity index (χ0n) is 10.7. The van der Waals surface area contributed by atoms with E-state index in [0.29, 0.717) is 12.0 Å². The lowest BCUT2D eigenvalue weighted by Crippen LogP contribution is -2.26. The van der Waals surface area contributed by atoms with Gasteiger partial charge in [0, 0.05) is 0 Å². The Morgan fingerprint density at radius 1 is 1.32 bits per heavy atom. The summed E-state index contributed by atoms with van der Waals surface area (Å²) in [5.74, 6) is -0.622. The van der Waals surface area contributed by atoms with Crippen LogP contribution in [0.25, 0.3) is 5.57 Å². The first-order valence-corrected chi connectivity index (χ1v) is 6.42. The second kappa shape index (κ2) is 4.78. The smallest absolute Gasteiger partial charge is 0.336 e. The third-order valence-corrected chi connectivity index (χ3v) is 3.78. The van der Waals surface area contributed by atoms with Crippen molar-refractivity contribution < 1.29 is 18.7 Å². The van der Waals surface area contributed by atoms with E-state index in [-0.39, 0.29) is 24.0 Å². The SMILES string of the molecule is COC(=O)C1=C(c2ccc(F)cc2)CC2CC[C@@H]1O2. The summed E-state index contributed by atoms with van der Waals surface area (Å²) in [6.45, 7) is 0. The maximum Gasteiger partial charge on any atom is 0.336 e. The number of methoxy groups -OCH3 is 1. The summed E-state index contributed by atoms with van der Waals surface area (Å²) in [5.41, 5.74) is 2.41. The average molecular weight is 262 g/mol. The van der Waals surface area contributed by atoms with Crippen LogP contribution < -0.4 is 0 Å². The molecule has 2 aliphatic rings. The van der Waals surface area contributed by atoms with Gasteiger partial charge in [0.2, 0.25) is 0 Å². The summed E-state index contributed by atoms with van der Waals surface area (Å²) < 4.78 is 23.6. The number of ether oxygens (including phenoxy) is 2. The molecule has 19 heavy (non-hydrogen) atoms. The minimum Gasteiger partial charge on any atom is -0.466 e. The van der Waals surface area contributed by atoms with Crippen LogP contribution in [0.1, 0.15) is 24.8 Å². The van der Waals surface area contributed by atoms with Gasteiger partial charge in [-0.2, -0.15) is 0 Å². The minimum absolute atomic E-state index is 0.165. The molecule has 0 N–H and O–H groups in total. The van der Waals surface area contributed by atoms with Crippen LogP contribution >= 0.6 is 0 Å². The molecule has 2 aliphatic heterocycles. The van der Waals surface area contributed by atoms with Crippen molar-refractivity contribution in [1.82, 2.24) is 0 Å². The molecular formula is C15H15FO3. The first kappa shape index (κ1) is 12.4. The number of hydrogen-bond acceptors (Lipinski definition) is 3. The predicted octanol–water partition coefficient (Wildman–Crippen LogP) is 2.70. The molecule has 0 spiro atoms. The predicted molar refractivity (Wildman–Crippen MR) is 67.8 cm³/mol. The van der Waals surface area contributed by atoms with Crippen molar-refractivity contribution in [2.24, 2.45) is 0 Å². The van der Waals surface area contributed by atoms with Gasteiger partial charge in [-0.05, 0) is 42.5 Å². The van der Waals surface area contributed by atoms with E-state index in [0.717, 1.165) is 24.0 Å². The largest absolute Gasteiger partial charge is 0.466 e. The third kappa shape index (κ3) is 2.16. The number of carbonyl (C=O) groups is 1. The van der Waals surface area contributed by atoms with Crippen LogP contribution in [0.2, 0.25) is 0 Å². The Morgan fingerprint density at radius 3 is 2.74 bits per heavy atom. The van der Waals surface area contributed by atoms with Crippen LogP contribution in [0, 0.1) is 5.82 Å². The van der Waals surface area contributed by atoms with Gasteiger partial charge in [0.15, 0.2) is 0 Å². The van der Waals surface area contributed by atoms with Gasteiger partial charge in [-0.3, -0.25) is 0 Å². The van der Waals surface area contributed by atoms with Crippen LogP contribution in [0.15, 0.2) is 29.8 Å². The first-order chi connectivity index (χ1) is 9.19. The molecule has 0 saturated carbocycles. The van der Waals surface area contributed by atoms with Crippen molar-refractivity contribution >= 4 is 11.5 Å². The molecule has 4 heteroatoms.